The second-order valence-corrected chi connectivity index (χ2v) is 7.08. The van der Waals surface area contributed by atoms with Crippen LogP contribution in [-0.4, -0.2) is 47.4 Å². The molecule has 1 saturated carbocycles. The van der Waals surface area contributed by atoms with E-state index in [4.69, 9.17) is 0 Å². The lowest BCUT2D eigenvalue weighted by molar-refractivity contribution is -0.143. The Morgan fingerprint density at radius 1 is 1.17 bits per heavy atom. The lowest BCUT2D eigenvalue weighted by Crippen LogP contribution is -2.61. The van der Waals surface area contributed by atoms with Crippen molar-refractivity contribution in [2.45, 2.75) is 31.7 Å². The van der Waals surface area contributed by atoms with E-state index in [2.05, 4.69) is 5.32 Å². The molecule has 1 aromatic rings. The molecule has 0 radical (unpaired) electrons. The maximum atomic E-state index is 12.8. The molecule has 2 saturated heterocycles. The first kappa shape index (κ1) is 14.5. The highest BCUT2D eigenvalue weighted by molar-refractivity contribution is 5.94. The van der Waals surface area contributed by atoms with E-state index in [1.165, 1.54) is 12.8 Å². The largest absolute Gasteiger partial charge is 0.340 e. The number of benzene rings is 1. The zero-order chi connectivity index (χ0) is 15.8. The van der Waals surface area contributed by atoms with E-state index in [-0.39, 0.29) is 18.0 Å². The second kappa shape index (κ2) is 5.87. The Morgan fingerprint density at radius 3 is 2.70 bits per heavy atom. The summed E-state index contributed by atoms with van der Waals surface area (Å²) in [7, 11) is 0. The van der Waals surface area contributed by atoms with E-state index in [0.717, 1.165) is 31.6 Å². The van der Waals surface area contributed by atoms with Crippen LogP contribution in [0.2, 0.25) is 0 Å². The van der Waals surface area contributed by atoms with Crippen LogP contribution in [0, 0.1) is 11.8 Å². The highest BCUT2D eigenvalue weighted by Crippen LogP contribution is 2.35. The molecule has 2 bridgehead atoms. The van der Waals surface area contributed by atoms with Crippen LogP contribution >= 0.6 is 0 Å². The van der Waals surface area contributed by atoms with Gasteiger partial charge in [-0.05, 0) is 49.7 Å². The van der Waals surface area contributed by atoms with Gasteiger partial charge in [-0.2, -0.15) is 0 Å². The summed E-state index contributed by atoms with van der Waals surface area (Å²) >= 11 is 0. The Bertz CT molecular complexity index is 600. The van der Waals surface area contributed by atoms with Crippen LogP contribution < -0.4 is 5.32 Å². The van der Waals surface area contributed by atoms with Gasteiger partial charge in [0.05, 0.1) is 0 Å². The van der Waals surface area contributed by atoms with E-state index < -0.39 is 0 Å². The van der Waals surface area contributed by atoms with Gasteiger partial charge in [0.15, 0.2) is 0 Å². The van der Waals surface area contributed by atoms with Crippen molar-refractivity contribution >= 4 is 17.6 Å². The fourth-order valence-corrected chi connectivity index (χ4v) is 3.79. The van der Waals surface area contributed by atoms with Gasteiger partial charge >= 0.3 is 6.03 Å². The van der Waals surface area contributed by atoms with E-state index in [1.807, 2.05) is 35.2 Å². The smallest absolute Gasteiger partial charge is 0.322 e. The van der Waals surface area contributed by atoms with Crippen molar-refractivity contribution in [2.75, 3.05) is 25.0 Å². The molecule has 5 heteroatoms. The summed E-state index contributed by atoms with van der Waals surface area (Å²) in [6, 6.07) is 9.02. The summed E-state index contributed by atoms with van der Waals surface area (Å²) in [6.45, 7) is 2.46. The van der Waals surface area contributed by atoms with Gasteiger partial charge in [0.2, 0.25) is 5.91 Å². The molecule has 122 valence electrons. The fraction of sp³-hybridized carbons (Fsp3) is 0.556. The number of carbonyl (C=O) groups is 2. The third kappa shape index (κ3) is 3.05. The highest BCUT2D eigenvalue weighted by Gasteiger charge is 2.44. The van der Waals surface area contributed by atoms with Crippen LogP contribution in [0.15, 0.2) is 30.3 Å². The van der Waals surface area contributed by atoms with Gasteiger partial charge in [0, 0.05) is 25.3 Å². The number of para-hydroxylation sites is 1. The SMILES string of the molecule is O=C1[C@H]2C[C@H](CCN2C(=O)Nc2ccccc2)CN1CC1CC1. The molecule has 23 heavy (non-hydrogen) atoms. The molecule has 1 N–H and O–H groups in total. The molecule has 3 fully saturated rings. The first-order chi connectivity index (χ1) is 11.2. The molecule has 3 amide bonds. The highest BCUT2D eigenvalue weighted by atomic mass is 16.2. The molecule has 1 aliphatic carbocycles. The average Bonchev–Trinajstić information content (AvgIpc) is 3.37. The number of hydrogen-bond acceptors (Lipinski definition) is 2. The molecule has 0 unspecified atom stereocenters. The Labute approximate surface area is 136 Å². The molecule has 0 spiro atoms. The zero-order valence-electron chi connectivity index (χ0n) is 13.3. The van der Waals surface area contributed by atoms with Crippen molar-refractivity contribution in [2.24, 2.45) is 11.8 Å². The molecular formula is C18H23N3O2. The predicted molar refractivity (Wildman–Crippen MR) is 88.0 cm³/mol. The van der Waals surface area contributed by atoms with E-state index in [9.17, 15) is 9.59 Å². The van der Waals surface area contributed by atoms with Gasteiger partial charge < -0.3 is 15.1 Å². The number of nitrogens with one attached hydrogen (secondary N) is 1. The topological polar surface area (TPSA) is 52.7 Å². The van der Waals surface area contributed by atoms with Gasteiger partial charge in [-0.25, -0.2) is 4.79 Å². The fourth-order valence-electron chi connectivity index (χ4n) is 3.79. The molecule has 3 aliphatic rings. The normalized spacial score (nSPS) is 27.0. The maximum absolute atomic E-state index is 12.8. The molecule has 0 aromatic heterocycles. The first-order valence-corrected chi connectivity index (χ1v) is 8.62. The van der Waals surface area contributed by atoms with Crippen molar-refractivity contribution in [3.63, 3.8) is 0 Å². The van der Waals surface area contributed by atoms with Crippen LogP contribution in [0.25, 0.3) is 0 Å². The van der Waals surface area contributed by atoms with Crippen LogP contribution in [0.3, 0.4) is 0 Å². The summed E-state index contributed by atoms with van der Waals surface area (Å²) < 4.78 is 0. The Balaban J connectivity index is 1.46. The number of fused-ring (bicyclic) bond motifs is 2. The van der Waals surface area contributed by atoms with Gasteiger partial charge in [-0.3, -0.25) is 4.79 Å². The summed E-state index contributed by atoms with van der Waals surface area (Å²) in [6.07, 6.45) is 4.31. The lowest BCUT2D eigenvalue weighted by atomic mass is 9.86. The minimum absolute atomic E-state index is 0.149. The number of urea groups is 1. The van der Waals surface area contributed by atoms with Crippen LogP contribution in [0.1, 0.15) is 25.7 Å². The molecule has 5 nitrogen and oxygen atoms in total. The number of hydrogen-bond donors (Lipinski definition) is 1. The van der Waals surface area contributed by atoms with Crippen LogP contribution in [-0.2, 0) is 4.79 Å². The molecule has 2 atom stereocenters. The number of rotatable bonds is 3. The number of carbonyl (C=O) groups excluding carboxylic acids is 2. The second-order valence-electron chi connectivity index (χ2n) is 7.08. The zero-order valence-corrected chi connectivity index (χ0v) is 13.3. The summed E-state index contributed by atoms with van der Waals surface area (Å²) in [4.78, 5) is 29.1. The summed E-state index contributed by atoms with van der Waals surface area (Å²) in [5, 5.41) is 2.92. The van der Waals surface area contributed by atoms with Crippen molar-refractivity contribution in [1.82, 2.24) is 9.80 Å². The molecule has 4 rings (SSSR count). The Morgan fingerprint density at radius 2 is 1.96 bits per heavy atom. The number of anilines is 1. The van der Waals surface area contributed by atoms with Crippen molar-refractivity contribution in [1.29, 1.82) is 0 Å². The number of amides is 3. The van der Waals surface area contributed by atoms with Gasteiger partial charge in [-0.15, -0.1) is 0 Å². The minimum Gasteiger partial charge on any atom is -0.340 e. The predicted octanol–water partition coefficient (Wildman–Crippen LogP) is 2.55. The molecule has 1 aromatic carbocycles. The van der Waals surface area contributed by atoms with E-state index >= 15 is 0 Å². The van der Waals surface area contributed by atoms with Gasteiger partial charge in [0.1, 0.15) is 6.04 Å². The van der Waals surface area contributed by atoms with Crippen molar-refractivity contribution in [3.05, 3.63) is 30.3 Å². The van der Waals surface area contributed by atoms with Crippen molar-refractivity contribution < 1.29 is 9.59 Å². The Hall–Kier alpha value is -2.04. The number of nitrogens with zero attached hydrogens (tertiary/aromatic N) is 2. The molecular weight excluding hydrogens is 290 g/mol. The molecule has 2 heterocycles. The monoisotopic (exact) mass is 313 g/mol. The standard InChI is InChI=1S/C18H23N3O2/c22-17-16-10-14(12-20(17)11-13-6-7-13)8-9-21(16)18(23)19-15-4-2-1-3-5-15/h1-5,13-14,16H,6-12H2,(H,19,23)/t14-,16+/m0/s1. The van der Waals surface area contributed by atoms with Crippen LogP contribution in [0.5, 0.6) is 0 Å². The third-order valence-corrected chi connectivity index (χ3v) is 5.25. The lowest BCUT2D eigenvalue weighted by Gasteiger charge is -2.46. The number of piperidine rings is 2. The summed E-state index contributed by atoms with van der Waals surface area (Å²) in [5.74, 6) is 1.40. The summed E-state index contributed by atoms with van der Waals surface area (Å²) in [5.41, 5.74) is 0.776. The quantitative estimate of drug-likeness (QED) is 0.932. The Kier molecular flexibility index (Phi) is 3.71. The first-order valence-electron chi connectivity index (χ1n) is 8.62. The minimum atomic E-state index is -0.273. The van der Waals surface area contributed by atoms with E-state index in [0.29, 0.717) is 18.4 Å². The van der Waals surface area contributed by atoms with E-state index in [1.54, 1.807) is 4.90 Å². The van der Waals surface area contributed by atoms with Gasteiger partial charge in [-0.1, -0.05) is 18.2 Å². The maximum Gasteiger partial charge on any atom is 0.322 e. The van der Waals surface area contributed by atoms with Crippen molar-refractivity contribution in [3.8, 4) is 0 Å². The third-order valence-electron chi connectivity index (χ3n) is 5.25. The average molecular weight is 313 g/mol. The number of likely N-dealkylation sites (tertiary alicyclic amines) is 2. The molecule has 2 aliphatic heterocycles. The van der Waals surface area contributed by atoms with Crippen LogP contribution in [0.4, 0.5) is 10.5 Å². The van der Waals surface area contributed by atoms with Gasteiger partial charge in [0.25, 0.3) is 0 Å².